The highest BCUT2D eigenvalue weighted by Crippen LogP contribution is 2.22. The fourth-order valence-electron chi connectivity index (χ4n) is 2.28. The number of anilines is 2. The number of aromatic nitrogens is 3. The van der Waals surface area contributed by atoms with Crippen LogP contribution in [-0.2, 0) is 7.05 Å². The lowest BCUT2D eigenvalue weighted by Crippen LogP contribution is -2.16. The van der Waals surface area contributed by atoms with Gasteiger partial charge in [-0.1, -0.05) is 0 Å². The second kappa shape index (κ2) is 4.90. The van der Waals surface area contributed by atoms with Gasteiger partial charge in [0.15, 0.2) is 11.5 Å². The zero-order valence-electron chi connectivity index (χ0n) is 11.8. The van der Waals surface area contributed by atoms with Crippen molar-refractivity contribution in [3.63, 3.8) is 0 Å². The minimum absolute atomic E-state index is 0.117. The van der Waals surface area contributed by atoms with Gasteiger partial charge in [-0.3, -0.25) is 4.79 Å². The molecule has 0 aliphatic rings. The van der Waals surface area contributed by atoms with E-state index < -0.39 is 0 Å². The van der Waals surface area contributed by atoms with Gasteiger partial charge >= 0.3 is 0 Å². The van der Waals surface area contributed by atoms with Crippen LogP contribution in [0.15, 0.2) is 36.7 Å². The van der Waals surface area contributed by atoms with Crippen LogP contribution in [0.1, 0.15) is 16.2 Å². The average molecular weight is 281 g/mol. The number of carbonyl (C=O) groups is 1. The molecule has 0 saturated heterocycles. The molecule has 6 nitrogen and oxygen atoms in total. The quantitative estimate of drug-likeness (QED) is 0.753. The number of nitrogens with two attached hydrogens (primary N) is 1. The van der Waals surface area contributed by atoms with Crippen LogP contribution in [0.5, 0.6) is 0 Å². The van der Waals surface area contributed by atoms with Gasteiger partial charge in [0.2, 0.25) is 0 Å². The maximum atomic E-state index is 12.1. The molecule has 3 N–H and O–H groups in total. The van der Waals surface area contributed by atoms with Gasteiger partial charge in [-0.25, -0.2) is 9.97 Å². The van der Waals surface area contributed by atoms with Crippen molar-refractivity contribution in [2.45, 2.75) is 6.92 Å². The maximum Gasteiger partial charge on any atom is 0.278 e. The first-order valence-electron chi connectivity index (χ1n) is 6.50. The molecule has 0 atom stereocenters. The number of hydrogen-bond donors (Lipinski definition) is 2. The molecule has 3 rings (SSSR count). The number of rotatable bonds is 2. The largest absolute Gasteiger partial charge is 0.382 e. The van der Waals surface area contributed by atoms with E-state index in [1.807, 2.05) is 32.2 Å². The van der Waals surface area contributed by atoms with Gasteiger partial charge in [-0.05, 0) is 31.2 Å². The zero-order valence-corrected chi connectivity index (χ0v) is 11.8. The Hall–Kier alpha value is -2.89. The summed E-state index contributed by atoms with van der Waals surface area (Å²) in [6.45, 7) is 2.04. The fourth-order valence-corrected chi connectivity index (χ4v) is 2.28. The minimum atomic E-state index is -0.368. The number of benzene rings is 1. The molecule has 0 fully saturated rings. The number of aryl methyl sites for hydroxylation is 2. The lowest BCUT2D eigenvalue weighted by atomic mass is 10.2. The lowest BCUT2D eigenvalue weighted by molar-refractivity contribution is 0.102. The normalized spacial score (nSPS) is 10.8. The number of hydrogen-bond acceptors (Lipinski definition) is 4. The van der Waals surface area contributed by atoms with Crippen molar-refractivity contribution < 1.29 is 4.79 Å². The number of nitrogens with one attached hydrogen (secondary N) is 1. The molecular formula is C15H15N5O. The minimum Gasteiger partial charge on any atom is -0.382 e. The first-order valence-corrected chi connectivity index (χ1v) is 6.50. The summed E-state index contributed by atoms with van der Waals surface area (Å²) in [4.78, 5) is 20.0. The standard InChI is InChI=1S/C15H15N5O/c1-9-7-10-8-11(3-4-12(10)20(9)2)19-15(21)13-14(16)18-6-5-17-13/h3-8H,1-2H3,(H2,16,18)(H,19,21). The SMILES string of the molecule is Cc1cc2cc(NC(=O)c3nccnc3N)ccc2n1C. The number of carbonyl (C=O) groups excluding carboxylic acids is 1. The maximum absolute atomic E-state index is 12.1. The molecule has 0 saturated carbocycles. The Morgan fingerprint density at radius 2 is 2.00 bits per heavy atom. The molecule has 1 aromatic carbocycles. The summed E-state index contributed by atoms with van der Waals surface area (Å²) in [7, 11) is 2.01. The second-order valence-corrected chi connectivity index (χ2v) is 4.86. The Morgan fingerprint density at radius 3 is 2.76 bits per heavy atom. The monoisotopic (exact) mass is 281 g/mol. The first-order chi connectivity index (χ1) is 10.1. The third-order valence-electron chi connectivity index (χ3n) is 3.48. The van der Waals surface area contributed by atoms with E-state index in [2.05, 4.69) is 25.9 Å². The molecule has 6 heteroatoms. The van der Waals surface area contributed by atoms with Crippen LogP contribution in [0, 0.1) is 6.92 Å². The van der Waals surface area contributed by atoms with Crippen LogP contribution >= 0.6 is 0 Å². The van der Waals surface area contributed by atoms with Crippen LogP contribution in [-0.4, -0.2) is 20.4 Å². The Balaban J connectivity index is 1.91. The van der Waals surface area contributed by atoms with Gasteiger partial charge in [0.25, 0.3) is 5.91 Å². The van der Waals surface area contributed by atoms with Crippen LogP contribution in [0.4, 0.5) is 11.5 Å². The Labute approximate surface area is 121 Å². The van der Waals surface area contributed by atoms with E-state index in [4.69, 9.17) is 5.73 Å². The van der Waals surface area contributed by atoms with Gasteiger partial charge in [0.05, 0.1) is 0 Å². The Kier molecular flexibility index (Phi) is 3.06. The molecule has 0 unspecified atom stereocenters. The van der Waals surface area contributed by atoms with Crippen molar-refractivity contribution in [2.75, 3.05) is 11.1 Å². The molecular weight excluding hydrogens is 266 g/mol. The zero-order chi connectivity index (χ0) is 15.0. The average Bonchev–Trinajstić information content (AvgIpc) is 2.74. The summed E-state index contributed by atoms with van der Waals surface area (Å²) in [6, 6.07) is 7.82. The first kappa shape index (κ1) is 13.1. The molecule has 1 amide bonds. The lowest BCUT2D eigenvalue weighted by Gasteiger charge is -2.06. The molecule has 0 bridgehead atoms. The fraction of sp³-hybridized carbons (Fsp3) is 0.133. The summed E-state index contributed by atoms with van der Waals surface area (Å²) in [5.74, 6) is -0.251. The Morgan fingerprint density at radius 1 is 1.24 bits per heavy atom. The Bertz CT molecular complexity index is 837. The number of nitrogen functional groups attached to an aromatic ring is 1. The van der Waals surface area contributed by atoms with Gasteiger partial charge in [0, 0.05) is 41.7 Å². The van der Waals surface area contributed by atoms with E-state index in [1.54, 1.807) is 0 Å². The number of nitrogens with zero attached hydrogens (tertiary/aromatic N) is 3. The van der Waals surface area contributed by atoms with Crippen molar-refractivity contribution in [1.82, 2.24) is 14.5 Å². The van der Waals surface area contributed by atoms with Crippen LogP contribution in [0.3, 0.4) is 0 Å². The predicted molar refractivity (Wildman–Crippen MR) is 82.1 cm³/mol. The molecule has 2 aromatic heterocycles. The van der Waals surface area contributed by atoms with E-state index in [0.29, 0.717) is 5.69 Å². The molecule has 0 spiro atoms. The smallest absolute Gasteiger partial charge is 0.278 e. The van der Waals surface area contributed by atoms with Gasteiger partial charge in [0.1, 0.15) is 0 Å². The molecule has 0 radical (unpaired) electrons. The van der Waals surface area contributed by atoms with Crippen molar-refractivity contribution in [2.24, 2.45) is 7.05 Å². The van der Waals surface area contributed by atoms with Crippen molar-refractivity contribution >= 4 is 28.3 Å². The molecule has 21 heavy (non-hydrogen) atoms. The summed E-state index contributed by atoms with van der Waals surface area (Å²) in [6.07, 6.45) is 2.89. The molecule has 0 aliphatic carbocycles. The molecule has 106 valence electrons. The summed E-state index contributed by atoms with van der Waals surface area (Å²) in [5.41, 5.74) is 8.75. The third kappa shape index (κ3) is 2.31. The molecule has 0 aliphatic heterocycles. The van der Waals surface area contributed by atoms with E-state index >= 15 is 0 Å². The van der Waals surface area contributed by atoms with Crippen molar-refractivity contribution in [3.8, 4) is 0 Å². The second-order valence-electron chi connectivity index (χ2n) is 4.86. The van der Waals surface area contributed by atoms with Gasteiger partial charge in [-0.15, -0.1) is 0 Å². The van der Waals surface area contributed by atoms with Crippen LogP contribution in [0.25, 0.3) is 10.9 Å². The summed E-state index contributed by atoms with van der Waals surface area (Å²) in [5, 5.41) is 3.86. The van der Waals surface area contributed by atoms with Gasteiger partial charge in [-0.2, -0.15) is 0 Å². The topological polar surface area (TPSA) is 85.8 Å². The van der Waals surface area contributed by atoms with E-state index in [0.717, 1.165) is 16.6 Å². The number of amides is 1. The molecule has 3 aromatic rings. The highest BCUT2D eigenvalue weighted by atomic mass is 16.1. The molecule has 2 heterocycles. The summed E-state index contributed by atoms with van der Waals surface area (Å²) < 4.78 is 2.10. The number of fused-ring (bicyclic) bond motifs is 1. The highest BCUT2D eigenvalue weighted by molar-refractivity contribution is 6.06. The third-order valence-corrected chi connectivity index (χ3v) is 3.48. The van der Waals surface area contributed by atoms with Crippen LogP contribution < -0.4 is 11.1 Å². The van der Waals surface area contributed by atoms with Crippen molar-refractivity contribution in [1.29, 1.82) is 0 Å². The van der Waals surface area contributed by atoms with E-state index in [-0.39, 0.29) is 17.4 Å². The van der Waals surface area contributed by atoms with E-state index in [9.17, 15) is 4.79 Å². The predicted octanol–water partition coefficient (Wildman–Crippen LogP) is 2.11. The summed E-state index contributed by atoms with van der Waals surface area (Å²) >= 11 is 0. The van der Waals surface area contributed by atoms with Gasteiger partial charge < -0.3 is 15.6 Å². The van der Waals surface area contributed by atoms with Crippen LogP contribution in [0.2, 0.25) is 0 Å². The van der Waals surface area contributed by atoms with E-state index in [1.165, 1.54) is 12.4 Å². The van der Waals surface area contributed by atoms with Crippen molar-refractivity contribution in [3.05, 3.63) is 48.0 Å². The highest BCUT2D eigenvalue weighted by Gasteiger charge is 2.12.